The number of likely N-dealkylation sites (N-methyl/N-ethyl adjacent to an activating group) is 1. The highest BCUT2D eigenvalue weighted by Gasteiger charge is 2.09. The Balaban J connectivity index is 1.72. The third-order valence-electron chi connectivity index (χ3n) is 3.00. The van der Waals surface area contributed by atoms with Crippen molar-refractivity contribution in [3.05, 3.63) is 66.2 Å². The monoisotopic (exact) mass is 271 g/mol. The average Bonchev–Trinajstić information content (AvgIpc) is 2.47. The van der Waals surface area contributed by atoms with Crippen LogP contribution in [0.2, 0.25) is 0 Å². The molecule has 20 heavy (non-hydrogen) atoms. The Kier molecular flexibility index (Phi) is 5.59. The fraction of sp³-hybridized carbons (Fsp3) is 0.294. The lowest BCUT2D eigenvalue weighted by atomic mass is 10.2. The first-order valence-corrected chi connectivity index (χ1v) is 6.82. The van der Waals surface area contributed by atoms with Crippen molar-refractivity contribution in [1.82, 2.24) is 4.90 Å². The van der Waals surface area contributed by atoms with Gasteiger partial charge in [0.15, 0.2) is 0 Å². The number of aliphatic hydroxyl groups is 1. The molecule has 2 aromatic carbocycles. The van der Waals surface area contributed by atoms with Crippen molar-refractivity contribution in [2.75, 3.05) is 20.2 Å². The fourth-order valence-corrected chi connectivity index (χ4v) is 2.08. The van der Waals surface area contributed by atoms with Crippen LogP contribution >= 0.6 is 0 Å². The molecule has 0 fully saturated rings. The molecule has 0 spiro atoms. The van der Waals surface area contributed by atoms with Crippen molar-refractivity contribution in [1.29, 1.82) is 0 Å². The quantitative estimate of drug-likeness (QED) is 0.840. The molecule has 0 unspecified atom stereocenters. The van der Waals surface area contributed by atoms with Gasteiger partial charge in [-0.15, -0.1) is 0 Å². The van der Waals surface area contributed by atoms with Crippen LogP contribution in [0.25, 0.3) is 0 Å². The van der Waals surface area contributed by atoms with Crippen molar-refractivity contribution < 1.29 is 9.84 Å². The Morgan fingerprint density at radius 1 is 1.00 bits per heavy atom. The summed E-state index contributed by atoms with van der Waals surface area (Å²) in [7, 11) is 2.00. The van der Waals surface area contributed by atoms with Crippen molar-refractivity contribution in [3.8, 4) is 5.75 Å². The van der Waals surface area contributed by atoms with E-state index in [-0.39, 0.29) is 0 Å². The van der Waals surface area contributed by atoms with Crippen LogP contribution in [0.1, 0.15) is 5.56 Å². The molecule has 0 aliphatic carbocycles. The molecular weight excluding hydrogens is 250 g/mol. The topological polar surface area (TPSA) is 32.7 Å². The van der Waals surface area contributed by atoms with E-state index in [1.807, 2.05) is 55.6 Å². The van der Waals surface area contributed by atoms with Gasteiger partial charge in [0, 0.05) is 13.1 Å². The van der Waals surface area contributed by atoms with Gasteiger partial charge in [-0.25, -0.2) is 0 Å². The normalized spacial score (nSPS) is 12.3. The summed E-state index contributed by atoms with van der Waals surface area (Å²) in [5.74, 6) is 0.789. The van der Waals surface area contributed by atoms with E-state index in [1.165, 1.54) is 5.56 Å². The molecule has 0 saturated heterocycles. The number of aliphatic hydroxyl groups excluding tert-OH is 1. The summed E-state index contributed by atoms with van der Waals surface area (Å²) in [6.07, 6.45) is -0.496. The Labute approximate surface area is 120 Å². The Hall–Kier alpha value is -1.84. The molecule has 0 aliphatic rings. The van der Waals surface area contributed by atoms with Gasteiger partial charge in [0.05, 0.1) is 0 Å². The zero-order valence-electron chi connectivity index (χ0n) is 11.8. The van der Waals surface area contributed by atoms with E-state index in [0.29, 0.717) is 13.2 Å². The molecule has 3 nitrogen and oxygen atoms in total. The van der Waals surface area contributed by atoms with Crippen LogP contribution in [-0.4, -0.2) is 36.3 Å². The first-order chi connectivity index (χ1) is 9.74. The van der Waals surface area contributed by atoms with Gasteiger partial charge in [-0.1, -0.05) is 48.5 Å². The minimum absolute atomic E-state index is 0.309. The zero-order chi connectivity index (χ0) is 14.2. The van der Waals surface area contributed by atoms with E-state index in [0.717, 1.165) is 12.3 Å². The maximum atomic E-state index is 9.99. The van der Waals surface area contributed by atoms with Crippen molar-refractivity contribution in [3.63, 3.8) is 0 Å². The number of hydrogen-bond donors (Lipinski definition) is 1. The lowest BCUT2D eigenvalue weighted by Crippen LogP contribution is -2.32. The van der Waals surface area contributed by atoms with Crippen LogP contribution in [0, 0.1) is 0 Å². The van der Waals surface area contributed by atoms with Crippen molar-refractivity contribution in [2.45, 2.75) is 12.6 Å². The first-order valence-electron chi connectivity index (χ1n) is 6.82. The molecule has 0 amide bonds. The molecule has 0 heterocycles. The van der Waals surface area contributed by atoms with Crippen LogP contribution in [0.5, 0.6) is 5.75 Å². The number of rotatable bonds is 7. The fourth-order valence-electron chi connectivity index (χ4n) is 2.08. The van der Waals surface area contributed by atoms with Crippen LogP contribution in [-0.2, 0) is 6.54 Å². The van der Waals surface area contributed by atoms with E-state index < -0.39 is 6.10 Å². The first kappa shape index (κ1) is 14.6. The molecule has 1 atom stereocenters. The van der Waals surface area contributed by atoms with Gasteiger partial charge >= 0.3 is 0 Å². The molecule has 3 heteroatoms. The summed E-state index contributed by atoms with van der Waals surface area (Å²) in [6, 6.07) is 19.8. The van der Waals surface area contributed by atoms with Crippen molar-refractivity contribution in [2.24, 2.45) is 0 Å². The predicted molar refractivity (Wildman–Crippen MR) is 80.7 cm³/mol. The maximum Gasteiger partial charge on any atom is 0.119 e. The summed E-state index contributed by atoms with van der Waals surface area (Å²) in [4.78, 5) is 2.09. The van der Waals surface area contributed by atoms with Gasteiger partial charge in [0.25, 0.3) is 0 Å². The minimum atomic E-state index is -0.496. The van der Waals surface area contributed by atoms with Gasteiger partial charge in [-0.05, 0) is 24.7 Å². The van der Waals surface area contributed by atoms with Crippen LogP contribution < -0.4 is 4.74 Å². The second-order valence-electron chi connectivity index (χ2n) is 4.96. The van der Waals surface area contributed by atoms with Gasteiger partial charge in [0.2, 0.25) is 0 Å². The van der Waals surface area contributed by atoms with E-state index in [2.05, 4.69) is 17.0 Å². The average molecular weight is 271 g/mol. The van der Waals surface area contributed by atoms with Gasteiger partial charge in [-0.2, -0.15) is 0 Å². The standard InChI is InChI=1S/C17H21NO2/c1-18(12-15-8-4-2-5-9-15)13-16(19)14-20-17-10-6-3-7-11-17/h2-11,16,19H,12-14H2,1H3/t16-/m0/s1. The highest BCUT2D eigenvalue weighted by Crippen LogP contribution is 2.09. The molecule has 106 valence electrons. The Bertz CT molecular complexity index is 487. The van der Waals surface area contributed by atoms with E-state index in [9.17, 15) is 5.11 Å². The summed E-state index contributed by atoms with van der Waals surface area (Å²) in [6.45, 7) is 1.72. The van der Waals surface area contributed by atoms with Gasteiger partial charge in [-0.3, -0.25) is 4.90 Å². The summed E-state index contributed by atoms with van der Waals surface area (Å²) in [5.41, 5.74) is 1.24. The van der Waals surface area contributed by atoms with E-state index in [1.54, 1.807) is 0 Å². The van der Waals surface area contributed by atoms with Gasteiger partial charge in [0.1, 0.15) is 18.5 Å². The van der Waals surface area contributed by atoms with Gasteiger partial charge < -0.3 is 9.84 Å². The highest BCUT2D eigenvalue weighted by molar-refractivity contribution is 5.20. The summed E-state index contributed by atoms with van der Waals surface area (Å²) in [5, 5.41) is 9.99. The second-order valence-corrected chi connectivity index (χ2v) is 4.96. The molecule has 1 N–H and O–H groups in total. The lowest BCUT2D eigenvalue weighted by molar-refractivity contribution is 0.0744. The summed E-state index contributed by atoms with van der Waals surface area (Å²) < 4.78 is 5.54. The number of nitrogens with zero attached hydrogens (tertiary/aromatic N) is 1. The largest absolute Gasteiger partial charge is 0.491 e. The molecule has 0 radical (unpaired) electrons. The molecule has 0 aliphatic heterocycles. The Morgan fingerprint density at radius 2 is 1.60 bits per heavy atom. The summed E-state index contributed by atoms with van der Waals surface area (Å²) >= 11 is 0. The number of ether oxygens (including phenoxy) is 1. The minimum Gasteiger partial charge on any atom is -0.491 e. The lowest BCUT2D eigenvalue weighted by Gasteiger charge is -2.20. The molecular formula is C17H21NO2. The van der Waals surface area contributed by atoms with E-state index in [4.69, 9.17) is 4.74 Å². The van der Waals surface area contributed by atoms with Crippen LogP contribution in [0.15, 0.2) is 60.7 Å². The highest BCUT2D eigenvalue weighted by atomic mass is 16.5. The number of benzene rings is 2. The molecule has 0 saturated carbocycles. The van der Waals surface area contributed by atoms with E-state index >= 15 is 0 Å². The zero-order valence-corrected chi connectivity index (χ0v) is 11.8. The van der Waals surface area contributed by atoms with Crippen LogP contribution in [0.3, 0.4) is 0 Å². The third kappa shape index (κ3) is 5.03. The van der Waals surface area contributed by atoms with Crippen LogP contribution in [0.4, 0.5) is 0 Å². The molecule has 2 rings (SSSR count). The maximum absolute atomic E-state index is 9.99. The predicted octanol–water partition coefficient (Wildman–Crippen LogP) is 2.56. The third-order valence-corrected chi connectivity index (χ3v) is 3.00. The molecule has 0 bridgehead atoms. The number of hydrogen-bond acceptors (Lipinski definition) is 3. The second kappa shape index (κ2) is 7.68. The SMILES string of the molecule is CN(Cc1ccccc1)C[C@H](O)COc1ccccc1. The smallest absolute Gasteiger partial charge is 0.119 e. The van der Waals surface area contributed by atoms with Crippen molar-refractivity contribution >= 4 is 0 Å². The molecule has 2 aromatic rings. The number of para-hydroxylation sites is 1. The molecule has 0 aromatic heterocycles. The Morgan fingerprint density at radius 3 is 2.25 bits per heavy atom.